The molecule has 1 rings (SSSR count). The fourth-order valence-electron chi connectivity index (χ4n) is 1.45. The van der Waals surface area contributed by atoms with Crippen molar-refractivity contribution in [3.8, 4) is 0 Å². The molecule has 5 heteroatoms. The summed E-state index contributed by atoms with van der Waals surface area (Å²) in [4.78, 5) is 4.03. The molecule has 0 amide bonds. The third kappa shape index (κ3) is 3.62. The van der Waals surface area contributed by atoms with E-state index in [2.05, 4.69) is 4.98 Å². The Balaban J connectivity index is 2.43. The third-order valence-corrected chi connectivity index (χ3v) is 2.32. The molecule has 0 saturated heterocycles. The number of imidazole rings is 1. The van der Waals surface area contributed by atoms with E-state index < -0.39 is 0 Å². The van der Waals surface area contributed by atoms with Gasteiger partial charge in [-0.1, -0.05) is 0 Å². The van der Waals surface area contributed by atoms with Gasteiger partial charge in [-0.25, -0.2) is 4.98 Å². The van der Waals surface area contributed by atoms with Crippen LogP contribution in [0, 0.1) is 0 Å². The number of hydrogen-bond acceptors (Lipinski definition) is 4. The van der Waals surface area contributed by atoms with Gasteiger partial charge in [0.15, 0.2) is 0 Å². The molecular formula is C10H19N3O2. The average Bonchev–Trinajstić information content (AvgIpc) is 2.71. The molecule has 0 aromatic carbocycles. The second kappa shape index (κ2) is 6.55. The Kier molecular flexibility index (Phi) is 5.31. The molecule has 1 aromatic heterocycles. The van der Waals surface area contributed by atoms with E-state index in [4.69, 9.17) is 15.6 Å². The molecule has 0 fully saturated rings. The first-order valence-corrected chi connectivity index (χ1v) is 5.15. The zero-order valence-electron chi connectivity index (χ0n) is 9.09. The van der Waals surface area contributed by atoms with Crippen molar-refractivity contribution in [3.05, 3.63) is 18.2 Å². The Hall–Kier alpha value is -0.910. The van der Waals surface area contributed by atoms with Gasteiger partial charge in [-0.2, -0.15) is 0 Å². The van der Waals surface area contributed by atoms with Gasteiger partial charge in [0.25, 0.3) is 0 Å². The minimum atomic E-state index is -0.338. The van der Waals surface area contributed by atoms with Gasteiger partial charge in [0.1, 0.15) is 0 Å². The Morgan fingerprint density at radius 2 is 2.40 bits per heavy atom. The largest absolute Gasteiger partial charge is 0.394 e. The molecule has 0 saturated carbocycles. The topological polar surface area (TPSA) is 73.3 Å². The number of methoxy groups -OCH3 is 1. The van der Waals surface area contributed by atoms with Crippen molar-refractivity contribution in [3.63, 3.8) is 0 Å². The smallest absolute Gasteiger partial charge is 0.0948 e. The fraction of sp³-hybridized carbons (Fsp3) is 0.700. The number of aryl methyl sites for hydroxylation is 1. The highest BCUT2D eigenvalue weighted by Crippen LogP contribution is 2.10. The fourth-order valence-corrected chi connectivity index (χ4v) is 1.45. The van der Waals surface area contributed by atoms with Gasteiger partial charge < -0.3 is 20.1 Å². The van der Waals surface area contributed by atoms with Crippen LogP contribution in [0.1, 0.15) is 24.6 Å². The van der Waals surface area contributed by atoms with Crippen LogP contribution in [-0.4, -0.2) is 35.0 Å². The highest BCUT2D eigenvalue weighted by Gasteiger charge is 2.09. The van der Waals surface area contributed by atoms with E-state index in [1.165, 1.54) is 0 Å². The van der Waals surface area contributed by atoms with Crippen molar-refractivity contribution in [1.82, 2.24) is 9.55 Å². The van der Waals surface area contributed by atoms with Gasteiger partial charge in [0.2, 0.25) is 0 Å². The van der Waals surface area contributed by atoms with E-state index in [-0.39, 0.29) is 12.6 Å². The van der Waals surface area contributed by atoms with Crippen molar-refractivity contribution in [1.29, 1.82) is 0 Å². The van der Waals surface area contributed by atoms with Crippen LogP contribution in [0.4, 0.5) is 0 Å². The van der Waals surface area contributed by atoms with Crippen LogP contribution in [0.3, 0.4) is 0 Å². The van der Waals surface area contributed by atoms with E-state index in [1.54, 1.807) is 19.6 Å². The molecule has 3 N–H and O–H groups in total. The van der Waals surface area contributed by atoms with Gasteiger partial charge in [-0.05, 0) is 12.8 Å². The molecule has 0 radical (unpaired) electrons. The Labute approximate surface area is 89.9 Å². The Morgan fingerprint density at radius 1 is 1.60 bits per heavy atom. The summed E-state index contributed by atoms with van der Waals surface area (Å²) in [5, 5.41) is 8.95. The minimum Gasteiger partial charge on any atom is -0.394 e. The molecule has 0 bridgehead atoms. The maximum absolute atomic E-state index is 8.95. The van der Waals surface area contributed by atoms with Crippen LogP contribution in [0.15, 0.2) is 12.5 Å². The second-order valence-electron chi connectivity index (χ2n) is 3.50. The number of nitrogens with zero attached hydrogens (tertiary/aromatic N) is 2. The summed E-state index contributed by atoms with van der Waals surface area (Å²) in [7, 11) is 1.70. The number of unbranched alkanes of at least 4 members (excludes halogenated alkanes) is 1. The number of hydrogen-bond donors (Lipinski definition) is 2. The summed E-state index contributed by atoms with van der Waals surface area (Å²) in [6.45, 7) is 1.59. The summed E-state index contributed by atoms with van der Waals surface area (Å²) >= 11 is 0. The van der Waals surface area contributed by atoms with Gasteiger partial charge in [0.05, 0.1) is 24.7 Å². The quantitative estimate of drug-likeness (QED) is 0.639. The molecule has 1 heterocycles. The highest BCUT2D eigenvalue weighted by molar-refractivity contribution is 5.04. The zero-order valence-corrected chi connectivity index (χ0v) is 9.09. The standard InChI is InChI=1S/C10H19N3O2/c1-15-5-3-2-4-13-8-12-6-10(13)9(11)7-14/h6,8-9,14H,2-5,7,11H2,1H3. The molecular weight excluding hydrogens is 194 g/mol. The Bertz CT molecular complexity index is 275. The molecule has 0 aliphatic rings. The van der Waals surface area contributed by atoms with Crippen molar-refractivity contribution in [2.75, 3.05) is 20.3 Å². The maximum atomic E-state index is 8.95. The summed E-state index contributed by atoms with van der Waals surface area (Å²) in [5.74, 6) is 0. The summed E-state index contributed by atoms with van der Waals surface area (Å²) in [5.41, 5.74) is 6.62. The van der Waals surface area contributed by atoms with E-state index >= 15 is 0 Å². The predicted octanol–water partition coefficient (Wildman–Crippen LogP) is 0.302. The van der Waals surface area contributed by atoms with Gasteiger partial charge >= 0.3 is 0 Å². The number of aromatic nitrogens is 2. The van der Waals surface area contributed by atoms with E-state index in [9.17, 15) is 0 Å². The number of rotatable bonds is 7. The number of aliphatic hydroxyl groups is 1. The third-order valence-electron chi connectivity index (χ3n) is 2.32. The van der Waals surface area contributed by atoms with Crippen molar-refractivity contribution in [2.24, 2.45) is 5.73 Å². The highest BCUT2D eigenvalue weighted by atomic mass is 16.5. The first-order valence-electron chi connectivity index (χ1n) is 5.15. The van der Waals surface area contributed by atoms with Crippen LogP contribution >= 0.6 is 0 Å². The van der Waals surface area contributed by atoms with Crippen LogP contribution < -0.4 is 5.73 Å². The molecule has 0 spiro atoms. The van der Waals surface area contributed by atoms with E-state index in [1.807, 2.05) is 4.57 Å². The molecule has 5 nitrogen and oxygen atoms in total. The second-order valence-corrected chi connectivity index (χ2v) is 3.50. The molecule has 1 aromatic rings. The maximum Gasteiger partial charge on any atom is 0.0948 e. The van der Waals surface area contributed by atoms with E-state index in [0.29, 0.717) is 0 Å². The molecule has 1 atom stereocenters. The van der Waals surface area contributed by atoms with E-state index in [0.717, 1.165) is 31.7 Å². The summed E-state index contributed by atoms with van der Waals surface area (Å²) in [6, 6.07) is -0.338. The predicted molar refractivity (Wildman–Crippen MR) is 57.4 cm³/mol. The molecule has 86 valence electrons. The normalized spacial score (nSPS) is 13.0. The SMILES string of the molecule is COCCCCn1cncc1C(N)CO. The van der Waals surface area contributed by atoms with Crippen LogP contribution in [0.5, 0.6) is 0 Å². The summed E-state index contributed by atoms with van der Waals surface area (Å²) in [6.07, 6.45) is 5.49. The monoisotopic (exact) mass is 213 g/mol. The molecule has 0 aliphatic heterocycles. The summed E-state index contributed by atoms with van der Waals surface area (Å²) < 4.78 is 6.95. The Morgan fingerprint density at radius 3 is 3.07 bits per heavy atom. The van der Waals surface area contributed by atoms with Crippen molar-refractivity contribution < 1.29 is 9.84 Å². The van der Waals surface area contributed by atoms with Crippen LogP contribution in [-0.2, 0) is 11.3 Å². The lowest BCUT2D eigenvalue weighted by atomic mass is 10.2. The zero-order chi connectivity index (χ0) is 11.1. The van der Waals surface area contributed by atoms with Crippen molar-refractivity contribution in [2.45, 2.75) is 25.4 Å². The van der Waals surface area contributed by atoms with Gasteiger partial charge in [0, 0.05) is 26.5 Å². The first kappa shape index (κ1) is 12.2. The van der Waals surface area contributed by atoms with Crippen LogP contribution in [0.25, 0.3) is 0 Å². The van der Waals surface area contributed by atoms with Gasteiger partial charge in [-0.3, -0.25) is 0 Å². The number of nitrogens with two attached hydrogens (primary N) is 1. The number of aliphatic hydroxyl groups excluding tert-OH is 1. The minimum absolute atomic E-state index is 0.0518. The number of ether oxygens (including phenoxy) is 1. The average molecular weight is 213 g/mol. The van der Waals surface area contributed by atoms with Crippen LogP contribution in [0.2, 0.25) is 0 Å². The first-order chi connectivity index (χ1) is 7.29. The lowest BCUT2D eigenvalue weighted by Crippen LogP contribution is -2.18. The van der Waals surface area contributed by atoms with Crippen molar-refractivity contribution >= 4 is 0 Å². The molecule has 1 unspecified atom stereocenters. The lowest BCUT2D eigenvalue weighted by Gasteiger charge is -2.12. The molecule has 15 heavy (non-hydrogen) atoms. The molecule has 0 aliphatic carbocycles. The van der Waals surface area contributed by atoms with Gasteiger partial charge in [-0.15, -0.1) is 0 Å². The lowest BCUT2D eigenvalue weighted by molar-refractivity contribution is 0.191.